The third-order valence-corrected chi connectivity index (χ3v) is 3.34. The maximum absolute atomic E-state index is 9.08. The van der Waals surface area contributed by atoms with Gasteiger partial charge < -0.3 is 15.2 Å². The van der Waals surface area contributed by atoms with E-state index in [1.54, 1.807) is 25.3 Å². The predicted octanol–water partition coefficient (Wildman–Crippen LogP) is 2.22. The van der Waals surface area contributed by atoms with Gasteiger partial charge in [0.2, 0.25) is 0 Å². The summed E-state index contributed by atoms with van der Waals surface area (Å²) in [6.07, 6.45) is 4.21. The first kappa shape index (κ1) is 12.7. The van der Waals surface area contributed by atoms with Crippen LogP contribution < -0.4 is 15.2 Å². The van der Waals surface area contributed by atoms with E-state index in [4.69, 9.17) is 20.5 Å². The second kappa shape index (κ2) is 5.74. The number of nitrogens with zero attached hydrogens (tertiary/aromatic N) is 1. The quantitative estimate of drug-likeness (QED) is 0.887. The first-order chi connectivity index (χ1) is 8.74. The third-order valence-electron chi connectivity index (χ3n) is 3.34. The lowest BCUT2D eigenvalue weighted by molar-refractivity contribution is 0.131. The highest BCUT2D eigenvalue weighted by Crippen LogP contribution is 2.28. The molecule has 1 aliphatic rings. The van der Waals surface area contributed by atoms with Crippen molar-refractivity contribution in [3.8, 4) is 17.6 Å². The molecule has 18 heavy (non-hydrogen) atoms. The van der Waals surface area contributed by atoms with Gasteiger partial charge in [0.15, 0.2) is 0 Å². The summed E-state index contributed by atoms with van der Waals surface area (Å²) >= 11 is 0. The van der Waals surface area contributed by atoms with Crippen LogP contribution in [0.3, 0.4) is 0 Å². The molecule has 1 fully saturated rings. The van der Waals surface area contributed by atoms with E-state index in [0.717, 1.165) is 25.7 Å². The Kier molecular flexibility index (Phi) is 4.06. The molecule has 2 N–H and O–H groups in total. The van der Waals surface area contributed by atoms with Crippen molar-refractivity contribution in [2.24, 2.45) is 5.73 Å². The van der Waals surface area contributed by atoms with Crippen molar-refractivity contribution in [2.75, 3.05) is 7.11 Å². The molecule has 0 aromatic heterocycles. The summed E-state index contributed by atoms with van der Waals surface area (Å²) in [4.78, 5) is 0. The van der Waals surface area contributed by atoms with E-state index in [1.165, 1.54) is 0 Å². The van der Waals surface area contributed by atoms with Crippen molar-refractivity contribution in [1.82, 2.24) is 0 Å². The van der Waals surface area contributed by atoms with E-state index >= 15 is 0 Å². The van der Waals surface area contributed by atoms with Gasteiger partial charge in [-0.1, -0.05) is 6.42 Å². The Bertz CT molecular complexity index is 454. The lowest BCUT2D eigenvalue weighted by Crippen LogP contribution is -2.41. The molecule has 1 aromatic carbocycles. The Morgan fingerprint density at radius 2 is 2.11 bits per heavy atom. The average Bonchev–Trinajstić information content (AvgIpc) is 2.41. The minimum atomic E-state index is -0.00189. The molecule has 4 nitrogen and oxygen atoms in total. The zero-order valence-electron chi connectivity index (χ0n) is 10.6. The number of ether oxygens (including phenoxy) is 2. The number of hydrogen-bond acceptors (Lipinski definition) is 4. The Labute approximate surface area is 107 Å². The summed E-state index contributed by atoms with van der Waals surface area (Å²) in [6.45, 7) is 0. The van der Waals surface area contributed by atoms with Crippen LogP contribution in [0, 0.1) is 11.3 Å². The monoisotopic (exact) mass is 246 g/mol. The molecule has 0 spiro atoms. The number of benzene rings is 1. The van der Waals surface area contributed by atoms with Gasteiger partial charge in [-0.25, -0.2) is 0 Å². The van der Waals surface area contributed by atoms with Crippen LogP contribution in [0.4, 0.5) is 0 Å². The van der Waals surface area contributed by atoms with Crippen molar-refractivity contribution in [3.63, 3.8) is 0 Å². The fraction of sp³-hybridized carbons (Fsp3) is 0.500. The van der Waals surface area contributed by atoms with Gasteiger partial charge in [0.1, 0.15) is 23.7 Å². The van der Waals surface area contributed by atoms with Crippen LogP contribution >= 0.6 is 0 Å². The largest absolute Gasteiger partial charge is 0.497 e. The van der Waals surface area contributed by atoms with Gasteiger partial charge in [0.05, 0.1) is 12.7 Å². The molecule has 0 saturated heterocycles. The minimum Gasteiger partial charge on any atom is -0.497 e. The molecule has 4 heteroatoms. The number of nitriles is 1. The molecule has 96 valence electrons. The van der Waals surface area contributed by atoms with E-state index in [0.29, 0.717) is 17.1 Å². The van der Waals surface area contributed by atoms with Gasteiger partial charge in [-0.15, -0.1) is 0 Å². The predicted molar refractivity (Wildman–Crippen MR) is 68.6 cm³/mol. The Morgan fingerprint density at radius 1 is 1.33 bits per heavy atom. The van der Waals surface area contributed by atoms with Crippen LogP contribution in [0.25, 0.3) is 0 Å². The molecular formula is C14H18N2O2. The molecule has 1 aromatic rings. The van der Waals surface area contributed by atoms with Crippen molar-refractivity contribution < 1.29 is 9.47 Å². The van der Waals surface area contributed by atoms with Crippen LogP contribution in [0.15, 0.2) is 18.2 Å². The molecule has 0 radical (unpaired) electrons. The van der Waals surface area contributed by atoms with Crippen LogP contribution in [-0.4, -0.2) is 19.3 Å². The van der Waals surface area contributed by atoms with Crippen LogP contribution in [0.5, 0.6) is 11.5 Å². The van der Waals surface area contributed by atoms with Crippen molar-refractivity contribution >= 4 is 0 Å². The maximum Gasteiger partial charge on any atom is 0.141 e. The molecule has 0 bridgehead atoms. The third kappa shape index (κ3) is 2.74. The molecular weight excluding hydrogens is 228 g/mol. The number of rotatable bonds is 3. The van der Waals surface area contributed by atoms with E-state index in [1.807, 2.05) is 0 Å². The molecule has 2 rings (SSSR count). The Hall–Kier alpha value is -1.73. The van der Waals surface area contributed by atoms with Crippen molar-refractivity contribution in [2.45, 2.75) is 37.8 Å². The van der Waals surface area contributed by atoms with Gasteiger partial charge in [-0.3, -0.25) is 0 Å². The SMILES string of the molecule is COc1ccc(C#N)c(OC2CCCCC2N)c1. The zero-order valence-corrected chi connectivity index (χ0v) is 10.6. The van der Waals surface area contributed by atoms with Crippen LogP contribution in [0.1, 0.15) is 31.2 Å². The summed E-state index contributed by atoms with van der Waals surface area (Å²) in [7, 11) is 1.59. The standard InChI is InChI=1S/C14H18N2O2/c1-17-11-7-6-10(9-15)14(8-11)18-13-5-3-2-4-12(13)16/h6-8,12-13H,2-5,16H2,1H3. The highest BCUT2D eigenvalue weighted by atomic mass is 16.5. The fourth-order valence-corrected chi connectivity index (χ4v) is 2.25. The van der Waals surface area contributed by atoms with Gasteiger partial charge in [-0.05, 0) is 31.4 Å². The lowest BCUT2D eigenvalue weighted by Gasteiger charge is -2.29. The van der Waals surface area contributed by atoms with Crippen LogP contribution in [0.2, 0.25) is 0 Å². The van der Waals surface area contributed by atoms with E-state index < -0.39 is 0 Å². The van der Waals surface area contributed by atoms with E-state index in [2.05, 4.69) is 6.07 Å². The smallest absolute Gasteiger partial charge is 0.141 e. The van der Waals surface area contributed by atoms with E-state index in [9.17, 15) is 0 Å². The van der Waals surface area contributed by atoms with Crippen LogP contribution in [-0.2, 0) is 0 Å². The van der Waals surface area contributed by atoms with E-state index in [-0.39, 0.29) is 12.1 Å². The molecule has 1 aliphatic carbocycles. The molecule has 1 saturated carbocycles. The highest BCUT2D eigenvalue weighted by Gasteiger charge is 2.24. The first-order valence-electron chi connectivity index (χ1n) is 6.25. The second-order valence-corrected chi connectivity index (χ2v) is 4.58. The minimum absolute atomic E-state index is 0.00189. The number of hydrogen-bond donors (Lipinski definition) is 1. The summed E-state index contributed by atoms with van der Waals surface area (Å²) in [5, 5.41) is 9.08. The zero-order chi connectivity index (χ0) is 13.0. The summed E-state index contributed by atoms with van der Waals surface area (Å²) in [5.74, 6) is 1.26. The topological polar surface area (TPSA) is 68.3 Å². The molecule has 0 heterocycles. The van der Waals surface area contributed by atoms with Gasteiger partial charge in [0.25, 0.3) is 0 Å². The Morgan fingerprint density at radius 3 is 2.78 bits per heavy atom. The molecule has 0 amide bonds. The van der Waals surface area contributed by atoms with Gasteiger partial charge in [0, 0.05) is 12.1 Å². The first-order valence-corrected chi connectivity index (χ1v) is 6.25. The average molecular weight is 246 g/mol. The Balaban J connectivity index is 2.18. The number of nitrogens with two attached hydrogens (primary N) is 1. The van der Waals surface area contributed by atoms with Crippen molar-refractivity contribution in [1.29, 1.82) is 5.26 Å². The molecule has 2 unspecified atom stereocenters. The van der Waals surface area contributed by atoms with Gasteiger partial charge >= 0.3 is 0 Å². The van der Waals surface area contributed by atoms with Crippen molar-refractivity contribution in [3.05, 3.63) is 23.8 Å². The lowest BCUT2D eigenvalue weighted by atomic mass is 9.93. The summed E-state index contributed by atoms with van der Waals surface area (Å²) < 4.78 is 11.1. The fourth-order valence-electron chi connectivity index (χ4n) is 2.25. The highest BCUT2D eigenvalue weighted by molar-refractivity contribution is 5.47. The summed E-state index contributed by atoms with van der Waals surface area (Å²) in [5.41, 5.74) is 6.57. The second-order valence-electron chi connectivity index (χ2n) is 4.58. The summed E-state index contributed by atoms with van der Waals surface area (Å²) in [6, 6.07) is 7.40. The molecule has 2 atom stereocenters. The maximum atomic E-state index is 9.08. The van der Waals surface area contributed by atoms with Gasteiger partial charge in [-0.2, -0.15) is 5.26 Å². The normalized spacial score (nSPS) is 23.2. The molecule has 0 aliphatic heterocycles. The number of methoxy groups -OCH3 is 1.